The summed E-state index contributed by atoms with van der Waals surface area (Å²) in [5, 5.41) is 0. The van der Waals surface area contributed by atoms with E-state index in [1.54, 1.807) is 17.0 Å². The van der Waals surface area contributed by atoms with Gasteiger partial charge in [-0.15, -0.1) is 0 Å². The Morgan fingerprint density at radius 3 is 2.36 bits per heavy atom. The molecule has 0 unspecified atom stereocenters. The van der Waals surface area contributed by atoms with Gasteiger partial charge in [0.25, 0.3) is 0 Å². The smallest absolute Gasteiger partial charge is 0.410 e. The van der Waals surface area contributed by atoms with Gasteiger partial charge < -0.3 is 9.64 Å². The van der Waals surface area contributed by atoms with Gasteiger partial charge in [0.1, 0.15) is 11.4 Å². The number of carbonyl (C=O) groups is 1. The second kappa shape index (κ2) is 6.95. The highest BCUT2D eigenvalue weighted by Crippen LogP contribution is 2.21. The molecule has 3 nitrogen and oxygen atoms in total. The Bertz CT molecular complexity index is 523. The van der Waals surface area contributed by atoms with Gasteiger partial charge in [-0.05, 0) is 57.2 Å². The van der Waals surface area contributed by atoms with E-state index in [2.05, 4.69) is 6.08 Å². The molecule has 2 rings (SSSR count). The van der Waals surface area contributed by atoms with E-state index < -0.39 is 5.60 Å². The molecule has 0 radical (unpaired) electrons. The third-order valence-electron chi connectivity index (χ3n) is 3.62. The minimum Gasteiger partial charge on any atom is -0.444 e. The average molecular weight is 305 g/mol. The normalized spacial score (nSPS) is 17.0. The summed E-state index contributed by atoms with van der Waals surface area (Å²) in [5.41, 5.74) is 0.548. The lowest BCUT2D eigenvalue weighted by molar-refractivity contribution is 0.0197. The van der Waals surface area contributed by atoms with Crippen LogP contribution < -0.4 is 0 Å². The Balaban J connectivity index is 1.82. The summed E-state index contributed by atoms with van der Waals surface area (Å²) in [7, 11) is 0. The summed E-state index contributed by atoms with van der Waals surface area (Å²) >= 11 is 0. The minimum atomic E-state index is -0.448. The molecular weight excluding hydrogens is 281 g/mol. The zero-order chi connectivity index (χ0) is 16.2. The summed E-state index contributed by atoms with van der Waals surface area (Å²) in [6.07, 6.45) is 5.80. The highest BCUT2D eigenvalue weighted by Gasteiger charge is 2.25. The molecule has 1 amide bonds. The second-order valence-corrected chi connectivity index (χ2v) is 6.72. The lowest BCUT2D eigenvalue weighted by Crippen LogP contribution is -2.41. The fourth-order valence-corrected chi connectivity index (χ4v) is 2.42. The predicted octanol–water partition coefficient (Wildman–Crippen LogP) is 4.49. The van der Waals surface area contributed by atoms with Crippen molar-refractivity contribution in [1.82, 2.24) is 4.90 Å². The fourth-order valence-electron chi connectivity index (χ4n) is 2.42. The van der Waals surface area contributed by atoms with Gasteiger partial charge in [-0.25, -0.2) is 9.18 Å². The van der Waals surface area contributed by atoms with E-state index in [-0.39, 0.29) is 11.9 Å². The number of piperidine rings is 1. The highest BCUT2D eigenvalue weighted by atomic mass is 19.1. The van der Waals surface area contributed by atoms with Crippen LogP contribution in [0.4, 0.5) is 9.18 Å². The van der Waals surface area contributed by atoms with Gasteiger partial charge in [-0.1, -0.05) is 24.3 Å². The third-order valence-corrected chi connectivity index (χ3v) is 3.62. The van der Waals surface area contributed by atoms with Crippen LogP contribution in [0, 0.1) is 11.7 Å². The van der Waals surface area contributed by atoms with Gasteiger partial charge in [0.2, 0.25) is 0 Å². The van der Waals surface area contributed by atoms with Crippen molar-refractivity contribution < 1.29 is 13.9 Å². The lowest BCUT2D eigenvalue weighted by Gasteiger charge is -2.32. The molecule has 0 aromatic heterocycles. The zero-order valence-electron chi connectivity index (χ0n) is 13.5. The molecule has 0 N–H and O–H groups in total. The van der Waals surface area contributed by atoms with E-state index in [0.717, 1.165) is 18.4 Å². The fraction of sp³-hybridized carbons (Fsp3) is 0.500. The quantitative estimate of drug-likeness (QED) is 0.806. The van der Waals surface area contributed by atoms with Crippen LogP contribution in [-0.2, 0) is 4.74 Å². The molecule has 0 aliphatic carbocycles. The van der Waals surface area contributed by atoms with Crippen molar-refractivity contribution in [2.24, 2.45) is 5.92 Å². The van der Waals surface area contributed by atoms with Crippen LogP contribution in [0.2, 0.25) is 0 Å². The van der Waals surface area contributed by atoms with E-state index in [0.29, 0.717) is 19.0 Å². The summed E-state index contributed by atoms with van der Waals surface area (Å²) in [6, 6.07) is 6.46. The molecule has 4 heteroatoms. The van der Waals surface area contributed by atoms with Gasteiger partial charge in [-0.2, -0.15) is 0 Å². The number of hydrogen-bond acceptors (Lipinski definition) is 2. The predicted molar refractivity (Wildman–Crippen MR) is 86.0 cm³/mol. The molecule has 0 bridgehead atoms. The number of likely N-dealkylation sites (tertiary alicyclic amines) is 1. The van der Waals surface area contributed by atoms with E-state index in [9.17, 15) is 9.18 Å². The van der Waals surface area contributed by atoms with E-state index >= 15 is 0 Å². The number of ether oxygens (including phenoxy) is 1. The summed E-state index contributed by atoms with van der Waals surface area (Å²) < 4.78 is 18.2. The molecule has 0 spiro atoms. The van der Waals surface area contributed by atoms with Gasteiger partial charge in [0, 0.05) is 13.1 Å². The second-order valence-electron chi connectivity index (χ2n) is 6.72. The van der Waals surface area contributed by atoms with Crippen molar-refractivity contribution in [2.75, 3.05) is 13.1 Å². The minimum absolute atomic E-state index is 0.220. The zero-order valence-corrected chi connectivity index (χ0v) is 13.5. The first-order chi connectivity index (χ1) is 10.3. The molecule has 1 aromatic rings. The standard InChI is InChI=1S/C18H24FNO2/c1-18(2,3)22-17(21)20-12-10-15(11-13-20)5-4-14-6-8-16(19)9-7-14/h4-9,15H,10-13H2,1-3H3. The third kappa shape index (κ3) is 5.17. The monoisotopic (exact) mass is 305 g/mol. The van der Waals surface area contributed by atoms with Gasteiger partial charge >= 0.3 is 6.09 Å². The Morgan fingerprint density at radius 1 is 1.23 bits per heavy atom. The SMILES string of the molecule is CC(C)(C)OC(=O)N1CCC(C=Cc2ccc(F)cc2)CC1. The summed E-state index contributed by atoms with van der Waals surface area (Å²) in [4.78, 5) is 13.8. The topological polar surface area (TPSA) is 29.5 Å². The van der Waals surface area contributed by atoms with Crippen molar-refractivity contribution in [2.45, 2.75) is 39.2 Å². The van der Waals surface area contributed by atoms with Crippen molar-refractivity contribution in [1.29, 1.82) is 0 Å². The number of rotatable bonds is 2. The van der Waals surface area contributed by atoms with Gasteiger partial charge in [0.05, 0.1) is 0 Å². The van der Waals surface area contributed by atoms with Crippen molar-refractivity contribution in [3.05, 3.63) is 41.7 Å². The van der Waals surface area contributed by atoms with Crippen LogP contribution >= 0.6 is 0 Å². The molecule has 1 aromatic carbocycles. The van der Waals surface area contributed by atoms with Gasteiger partial charge in [-0.3, -0.25) is 0 Å². The first-order valence-electron chi connectivity index (χ1n) is 7.75. The number of hydrogen-bond donors (Lipinski definition) is 0. The van der Waals surface area contributed by atoms with Crippen LogP contribution in [0.5, 0.6) is 0 Å². The number of nitrogens with zero attached hydrogens (tertiary/aromatic N) is 1. The Kier molecular flexibility index (Phi) is 5.22. The Hall–Kier alpha value is -1.84. The summed E-state index contributed by atoms with van der Waals surface area (Å²) in [5.74, 6) is 0.228. The largest absolute Gasteiger partial charge is 0.444 e. The highest BCUT2D eigenvalue weighted by molar-refractivity contribution is 5.68. The van der Waals surface area contributed by atoms with E-state index in [1.807, 2.05) is 26.8 Å². The van der Waals surface area contributed by atoms with E-state index in [4.69, 9.17) is 4.74 Å². The molecule has 120 valence electrons. The molecule has 0 saturated carbocycles. The van der Waals surface area contributed by atoms with Crippen molar-refractivity contribution >= 4 is 12.2 Å². The molecule has 0 atom stereocenters. The first-order valence-corrected chi connectivity index (χ1v) is 7.75. The Labute approximate surface area is 131 Å². The summed E-state index contributed by atoms with van der Waals surface area (Å²) in [6.45, 7) is 7.07. The molecular formula is C18H24FNO2. The van der Waals surface area contributed by atoms with Crippen LogP contribution in [0.15, 0.2) is 30.3 Å². The molecule has 1 aliphatic rings. The maximum atomic E-state index is 12.8. The van der Waals surface area contributed by atoms with Crippen molar-refractivity contribution in [3.8, 4) is 0 Å². The maximum Gasteiger partial charge on any atom is 0.410 e. The van der Waals surface area contributed by atoms with Crippen LogP contribution in [-0.4, -0.2) is 29.7 Å². The molecule has 1 fully saturated rings. The van der Waals surface area contributed by atoms with E-state index in [1.165, 1.54) is 12.1 Å². The van der Waals surface area contributed by atoms with Crippen LogP contribution in [0.25, 0.3) is 6.08 Å². The first kappa shape index (κ1) is 16.5. The van der Waals surface area contributed by atoms with Gasteiger partial charge in [0.15, 0.2) is 0 Å². The number of halogens is 1. The number of allylic oxidation sites excluding steroid dienone is 1. The molecule has 1 aliphatic heterocycles. The molecule has 1 heterocycles. The lowest BCUT2D eigenvalue weighted by atomic mass is 9.96. The average Bonchev–Trinajstić information content (AvgIpc) is 2.45. The van der Waals surface area contributed by atoms with Crippen LogP contribution in [0.1, 0.15) is 39.2 Å². The maximum absolute atomic E-state index is 12.8. The molecule has 1 saturated heterocycles. The number of amides is 1. The number of benzene rings is 1. The number of carbonyl (C=O) groups excluding carboxylic acids is 1. The van der Waals surface area contributed by atoms with Crippen LogP contribution in [0.3, 0.4) is 0 Å². The Morgan fingerprint density at radius 2 is 1.82 bits per heavy atom. The molecule has 22 heavy (non-hydrogen) atoms. The van der Waals surface area contributed by atoms with Crippen molar-refractivity contribution in [3.63, 3.8) is 0 Å².